The standard InChI is InChI=1S/C18H28N2O/c1-3-4-15-6-8-18(21)20(10-9-15)13-17-7-5-16(12-19)11-14(17)2/h5,7,11,15H,3-4,6,8-10,12-13,19H2,1-2H3. The lowest BCUT2D eigenvalue weighted by atomic mass is 9.96. The summed E-state index contributed by atoms with van der Waals surface area (Å²) in [6.45, 7) is 6.56. The maximum atomic E-state index is 12.3. The molecule has 1 atom stereocenters. The summed E-state index contributed by atoms with van der Waals surface area (Å²) in [5.74, 6) is 1.04. The minimum Gasteiger partial charge on any atom is -0.338 e. The molecule has 1 heterocycles. The first-order valence-corrected chi connectivity index (χ1v) is 8.20. The van der Waals surface area contributed by atoms with E-state index in [9.17, 15) is 4.79 Å². The fraction of sp³-hybridized carbons (Fsp3) is 0.611. The van der Waals surface area contributed by atoms with Crippen molar-refractivity contribution in [3.8, 4) is 0 Å². The van der Waals surface area contributed by atoms with Crippen LogP contribution < -0.4 is 5.73 Å². The monoisotopic (exact) mass is 288 g/mol. The number of nitrogens with two attached hydrogens (primary N) is 1. The Hall–Kier alpha value is -1.35. The van der Waals surface area contributed by atoms with Gasteiger partial charge in [-0.05, 0) is 42.4 Å². The Bertz CT molecular complexity index is 484. The third kappa shape index (κ3) is 4.31. The topological polar surface area (TPSA) is 46.3 Å². The summed E-state index contributed by atoms with van der Waals surface area (Å²) in [4.78, 5) is 14.4. The molecule has 1 amide bonds. The largest absolute Gasteiger partial charge is 0.338 e. The maximum Gasteiger partial charge on any atom is 0.222 e. The van der Waals surface area contributed by atoms with E-state index in [0.29, 0.717) is 18.9 Å². The number of nitrogens with zero attached hydrogens (tertiary/aromatic N) is 1. The van der Waals surface area contributed by atoms with E-state index < -0.39 is 0 Å². The molecule has 2 N–H and O–H groups in total. The Balaban J connectivity index is 2.03. The predicted octanol–water partition coefficient (Wildman–Crippen LogP) is 3.38. The van der Waals surface area contributed by atoms with Gasteiger partial charge in [0.15, 0.2) is 0 Å². The molecule has 0 radical (unpaired) electrons. The zero-order chi connectivity index (χ0) is 15.2. The fourth-order valence-corrected chi connectivity index (χ4v) is 3.23. The third-order valence-electron chi connectivity index (χ3n) is 4.63. The van der Waals surface area contributed by atoms with Crippen molar-refractivity contribution in [1.82, 2.24) is 4.90 Å². The van der Waals surface area contributed by atoms with Crippen LogP contribution in [0.4, 0.5) is 0 Å². The molecule has 3 nitrogen and oxygen atoms in total. The van der Waals surface area contributed by atoms with Crippen molar-refractivity contribution >= 4 is 5.91 Å². The molecule has 0 aromatic heterocycles. The molecule has 1 unspecified atom stereocenters. The smallest absolute Gasteiger partial charge is 0.222 e. The Kier molecular flexibility index (Phi) is 5.80. The minimum atomic E-state index is 0.316. The highest BCUT2D eigenvalue weighted by molar-refractivity contribution is 5.76. The highest BCUT2D eigenvalue weighted by Gasteiger charge is 2.22. The van der Waals surface area contributed by atoms with Crippen LogP contribution in [0.15, 0.2) is 18.2 Å². The molecule has 0 spiro atoms. The van der Waals surface area contributed by atoms with Crippen molar-refractivity contribution in [1.29, 1.82) is 0 Å². The van der Waals surface area contributed by atoms with Crippen LogP contribution in [0.5, 0.6) is 0 Å². The molecular formula is C18H28N2O. The predicted molar refractivity (Wildman–Crippen MR) is 86.7 cm³/mol. The number of aryl methyl sites for hydroxylation is 1. The molecule has 1 aliphatic heterocycles. The first-order valence-electron chi connectivity index (χ1n) is 8.20. The van der Waals surface area contributed by atoms with Gasteiger partial charge >= 0.3 is 0 Å². The highest BCUT2D eigenvalue weighted by atomic mass is 16.2. The molecule has 116 valence electrons. The number of amides is 1. The van der Waals surface area contributed by atoms with Crippen molar-refractivity contribution in [3.05, 3.63) is 34.9 Å². The van der Waals surface area contributed by atoms with Gasteiger partial charge in [-0.3, -0.25) is 4.79 Å². The van der Waals surface area contributed by atoms with E-state index in [1.165, 1.54) is 24.0 Å². The highest BCUT2D eigenvalue weighted by Crippen LogP contribution is 2.24. The lowest BCUT2D eigenvalue weighted by Gasteiger charge is -2.22. The van der Waals surface area contributed by atoms with Gasteiger partial charge in [-0.2, -0.15) is 0 Å². The second-order valence-corrected chi connectivity index (χ2v) is 6.26. The fourth-order valence-electron chi connectivity index (χ4n) is 3.23. The molecule has 0 bridgehead atoms. The Morgan fingerprint density at radius 2 is 2.14 bits per heavy atom. The van der Waals surface area contributed by atoms with Crippen LogP contribution in [-0.2, 0) is 17.9 Å². The number of likely N-dealkylation sites (tertiary alicyclic amines) is 1. The molecule has 1 saturated heterocycles. The molecule has 21 heavy (non-hydrogen) atoms. The molecule has 0 saturated carbocycles. The van der Waals surface area contributed by atoms with Crippen molar-refractivity contribution in [2.45, 2.75) is 59.0 Å². The summed E-state index contributed by atoms with van der Waals surface area (Å²) in [5, 5.41) is 0. The first-order chi connectivity index (χ1) is 10.1. The van der Waals surface area contributed by atoms with E-state index in [4.69, 9.17) is 5.73 Å². The molecule has 1 aromatic rings. The minimum absolute atomic E-state index is 0.316. The van der Waals surface area contributed by atoms with Crippen LogP contribution in [0.2, 0.25) is 0 Å². The lowest BCUT2D eigenvalue weighted by molar-refractivity contribution is -0.131. The van der Waals surface area contributed by atoms with Crippen molar-refractivity contribution in [2.75, 3.05) is 6.54 Å². The number of hydrogen-bond donors (Lipinski definition) is 1. The van der Waals surface area contributed by atoms with Crippen LogP contribution in [0.3, 0.4) is 0 Å². The van der Waals surface area contributed by atoms with E-state index in [1.54, 1.807) is 0 Å². The Labute approximate surface area is 128 Å². The van der Waals surface area contributed by atoms with E-state index >= 15 is 0 Å². The van der Waals surface area contributed by atoms with Crippen LogP contribution in [-0.4, -0.2) is 17.4 Å². The Morgan fingerprint density at radius 1 is 1.33 bits per heavy atom. The van der Waals surface area contributed by atoms with Crippen LogP contribution in [0.1, 0.15) is 55.7 Å². The number of benzene rings is 1. The Morgan fingerprint density at radius 3 is 2.81 bits per heavy atom. The molecule has 0 aliphatic carbocycles. The van der Waals surface area contributed by atoms with Gasteiger partial charge in [-0.15, -0.1) is 0 Å². The van der Waals surface area contributed by atoms with Gasteiger partial charge in [0.25, 0.3) is 0 Å². The van der Waals surface area contributed by atoms with Crippen LogP contribution >= 0.6 is 0 Å². The van der Waals surface area contributed by atoms with Crippen molar-refractivity contribution in [2.24, 2.45) is 11.7 Å². The number of hydrogen-bond acceptors (Lipinski definition) is 2. The first kappa shape index (κ1) is 16.0. The summed E-state index contributed by atoms with van der Waals surface area (Å²) >= 11 is 0. The quantitative estimate of drug-likeness (QED) is 0.903. The molecule has 1 aliphatic rings. The summed E-state index contributed by atoms with van der Waals surface area (Å²) in [7, 11) is 0. The van der Waals surface area contributed by atoms with Gasteiger partial charge in [0.2, 0.25) is 5.91 Å². The molecule has 1 fully saturated rings. The average molecular weight is 288 g/mol. The second kappa shape index (κ2) is 7.60. The van der Waals surface area contributed by atoms with Gasteiger partial charge in [-0.25, -0.2) is 0 Å². The number of rotatable bonds is 5. The normalized spacial score (nSPS) is 19.7. The zero-order valence-electron chi connectivity index (χ0n) is 13.4. The van der Waals surface area contributed by atoms with Crippen molar-refractivity contribution < 1.29 is 4.79 Å². The summed E-state index contributed by atoms with van der Waals surface area (Å²) in [6.07, 6.45) is 5.40. The number of carbonyl (C=O) groups excluding carboxylic acids is 1. The number of carbonyl (C=O) groups is 1. The second-order valence-electron chi connectivity index (χ2n) is 6.26. The van der Waals surface area contributed by atoms with Gasteiger partial charge < -0.3 is 10.6 Å². The van der Waals surface area contributed by atoms with E-state index in [1.807, 2.05) is 4.90 Å². The maximum absolute atomic E-state index is 12.3. The average Bonchev–Trinajstić information content (AvgIpc) is 2.65. The van der Waals surface area contributed by atoms with E-state index in [-0.39, 0.29) is 0 Å². The summed E-state index contributed by atoms with van der Waals surface area (Å²) in [6, 6.07) is 6.33. The van der Waals surface area contributed by atoms with Gasteiger partial charge in [-0.1, -0.05) is 38.0 Å². The third-order valence-corrected chi connectivity index (χ3v) is 4.63. The SMILES string of the molecule is CCCC1CCC(=O)N(Cc2ccc(CN)cc2C)CC1. The van der Waals surface area contributed by atoms with E-state index in [2.05, 4.69) is 32.0 Å². The molecule has 3 heteroatoms. The van der Waals surface area contributed by atoms with Crippen LogP contribution in [0.25, 0.3) is 0 Å². The zero-order valence-corrected chi connectivity index (χ0v) is 13.4. The van der Waals surface area contributed by atoms with Gasteiger partial charge in [0.1, 0.15) is 0 Å². The summed E-state index contributed by atoms with van der Waals surface area (Å²) < 4.78 is 0. The van der Waals surface area contributed by atoms with Crippen LogP contribution in [0, 0.1) is 12.8 Å². The van der Waals surface area contributed by atoms with Gasteiger partial charge in [0, 0.05) is 26.1 Å². The van der Waals surface area contributed by atoms with Crippen molar-refractivity contribution in [3.63, 3.8) is 0 Å². The molecular weight excluding hydrogens is 260 g/mol. The lowest BCUT2D eigenvalue weighted by Crippen LogP contribution is -2.30. The summed E-state index contributed by atoms with van der Waals surface area (Å²) in [5.41, 5.74) is 9.31. The molecule has 2 rings (SSSR count). The van der Waals surface area contributed by atoms with Gasteiger partial charge in [0.05, 0.1) is 0 Å². The molecule has 1 aromatic carbocycles. The van der Waals surface area contributed by atoms with E-state index in [0.717, 1.165) is 37.4 Å².